The van der Waals surface area contributed by atoms with Crippen molar-refractivity contribution in [2.75, 3.05) is 11.9 Å². The average molecular weight is 563 g/mol. The number of amides is 2. The Morgan fingerprint density at radius 1 is 0.951 bits per heavy atom. The standard InChI is InChI=1S/C29H29FN2O4.C4H10O/c1-5-36-26(33)14-23-18(3)24-15-32(29(35)21-7-6-8-22(30)13-21)16-25(24)19(4)27(23)31-28(34)20-11-9-17(2)10-12-20;1-4(2,3)5/h6-13H,5,14-16H2,1-4H3,(H,31,34);5H,1-3H3. The fourth-order valence-corrected chi connectivity index (χ4v) is 4.65. The molecule has 0 spiro atoms. The van der Waals surface area contributed by atoms with Gasteiger partial charge in [-0.2, -0.15) is 0 Å². The molecule has 8 heteroatoms. The Morgan fingerprint density at radius 2 is 1.54 bits per heavy atom. The summed E-state index contributed by atoms with van der Waals surface area (Å²) < 4.78 is 18.9. The Labute approximate surface area is 241 Å². The quantitative estimate of drug-likeness (QED) is 0.357. The van der Waals surface area contributed by atoms with Gasteiger partial charge < -0.3 is 20.1 Å². The molecule has 0 aliphatic carbocycles. The van der Waals surface area contributed by atoms with Crippen LogP contribution in [0.1, 0.15) is 81.8 Å². The molecule has 0 saturated heterocycles. The van der Waals surface area contributed by atoms with Gasteiger partial charge in [0.2, 0.25) is 0 Å². The molecular weight excluding hydrogens is 523 g/mol. The maximum absolute atomic E-state index is 13.7. The van der Waals surface area contributed by atoms with Gasteiger partial charge in [0.1, 0.15) is 5.82 Å². The molecule has 1 aliphatic rings. The topological polar surface area (TPSA) is 95.9 Å². The summed E-state index contributed by atoms with van der Waals surface area (Å²) in [6, 6.07) is 12.9. The molecule has 0 fully saturated rings. The number of esters is 1. The maximum Gasteiger partial charge on any atom is 0.310 e. The molecule has 3 aromatic carbocycles. The number of nitrogens with one attached hydrogen (secondary N) is 1. The number of halogens is 1. The molecule has 2 amide bonds. The van der Waals surface area contributed by atoms with Gasteiger partial charge in [0.15, 0.2) is 0 Å². The molecular formula is C33H39FN2O5. The van der Waals surface area contributed by atoms with Crippen molar-refractivity contribution in [3.05, 3.63) is 98.9 Å². The number of fused-ring (bicyclic) bond motifs is 1. The van der Waals surface area contributed by atoms with Gasteiger partial charge in [-0.3, -0.25) is 14.4 Å². The third kappa shape index (κ3) is 8.24. The number of aliphatic hydroxyl groups is 1. The number of carbonyl (C=O) groups is 3. The Balaban J connectivity index is 0.000000850. The van der Waals surface area contributed by atoms with Gasteiger partial charge in [-0.1, -0.05) is 23.8 Å². The lowest BCUT2D eigenvalue weighted by Gasteiger charge is -2.20. The zero-order valence-corrected chi connectivity index (χ0v) is 24.9. The van der Waals surface area contributed by atoms with Gasteiger partial charge in [-0.15, -0.1) is 0 Å². The van der Waals surface area contributed by atoms with E-state index in [0.717, 1.165) is 27.8 Å². The van der Waals surface area contributed by atoms with Crippen molar-refractivity contribution < 1.29 is 28.6 Å². The van der Waals surface area contributed by atoms with E-state index in [1.54, 1.807) is 50.8 Å². The molecule has 7 nitrogen and oxygen atoms in total. The highest BCUT2D eigenvalue weighted by Gasteiger charge is 2.31. The molecule has 0 atom stereocenters. The van der Waals surface area contributed by atoms with E-state index >= 15 is 0 Å². The lowest BCUT2D eigenvalue weighted by molar-refractivity contribution is -0.142. The van der Waals surface area contributed by atoms with Crippen LogP contribution < -0.4 is 5.32 Å². The minimum absolute atomic E-state index is 0.00481. The van der Waals surface area contributed by atoms with Gasteiger partial charge in [0, 0.05) is 29.9 Å². The van der Waals surface area contributed by atoms with Crippen LogP contribution in [-0.4, -0.2) is 40.0 Å². The largest absolute Gasteiger partial charge is 0.466 e. The highest BCUT2D eigenvalue weighted by molar-refractivity contribution is 6.05. The van der Waals surface area contributed by atoms with Gasteiger partial charge in [-0.25, -0.2) is 4.39 Å². The fourth-order valence-electron chi connectivity index (χ4n) is 4.65. The number of ether oxygens (including phenoxy) is 1. The highest BCUT2D eigenvalue weighted by atomic mass is 19.1. The molecule has 2 N–H and O–H groups in total. The van der Waals surface area contributed by atoms with Gasteiger partial charge in [0.25, 0.3) is 11.8 Å². The summed E-state index contributed by atoms with van der Waals surface area (Å²) >= 11 is 0. The van der Waals surface area contributed by atoms with Crippen molar-refractivity contribution in [3.63, 3.8) is 0 Å². The fraction of sp³-hybridized carbons (Fsp3) is 0.364. The summed E-state index contributed by atoms with van der Waals surface area (Å²) in [4.78, 5) is 40.4. The highest BCUT2D eigenvalue weighted by Crippen LogP contribution is 2.38. The van der Waals surface area contributed by atoms with Crippen LogP contribution in [0.15, 0.2) is 48.5 Å². The smallest absolute Gasteiger partial charge is 0.310 e. The maximum atomic E-state index is 13.7. The monoisotopic (exact) mass is 562 g/mol. The molecule has 0 aromatic heterocycles. The van der Waals surface area contributed by atoms with Gasteiger partial charge >= 0.3 is 5.97 Å². The van der Waals surface area contributed by atoms with E-state index in [0.29, 0.717) is 29.9 Å². The van der Waals surface area contributed by atoms with Crippen LogP contribution in [0.25, 0.3) is 0 Å². The van der Waals surface area contributed by atoms with Crippen LogP contribution in [0.5, 0.6) is 0 Å². The number of nitrogens with zero attached hydrogens (tertiary/aromatic N) is 1. The molecule has 41 heavy (non-hydrogen) atoms. The van der Waals surface area contributed by atoms with Crippen molar-refractivity contribution in [1.29, 1.82) is 0 Å². The predicted molar refractivity (Wildman–Crippen MR) is 157 cm³/mol. The third-order valence-corrected chi connectivity index (χ3v) is 6.63. The lowest BCUT2D eigenvalue weighted by atomic mass is 9.90. The number of rotatable bonds is 6. The second kappa shape index (κ2) is 13.1. The summed E-state index contributed by atoms with van der Waals surface area (Å²) in [6.07, 6.45) is -0.00481. The molecule has 0 bridgehead atoms. The zero-order chi connectivity index (χ0) is 30.5. The van der Waals surface area contributed by atoms with E-state index in [1.165, 1.54) is 18.2 Å². The molecule has 0 unspecified atom stereocenters. The summed E-state index contributed by atoms with van der Waals surface area (Å²) in [5, 5.41) is 11.5. The molecule has 4 rings (SSSR count). The minimum atomic E-state index is -0.500. The second-order valence-corrected chi connectivity index (χ2v) is 11.2. The van der Waals surface area contributed by atoms with E-state index in [2.05, 4.69) is 5.32 Å². The first-order chi connectivity index (χ1) is 19.2. The Hall–Kier alpha value is -4.04. The van der Waals surface area contributed by atoms with Crippen molar-refractivity contribution in [3.8, 4) is 0 Å². The Morgan fingerprint density at radius 3 is 2.10 bits per heavy atom. The number of benzene rings is 3. The minimum Gasteiger partial charge on any atom is -0.466 e. The number of anilines is 1. The third-order valence-electron chi connectivity index (χ3n) is 6.63. The molecule has 0 saturated carbocycles. The Kier molecular flexibility index (Phi) is 10.0. The predicted octanol–water partition coefficient (Wildman–Crippen LogP) is 6.04. The molecule has 0 radical (unpaired) electrons. The molecule has 1 heterocycles. The second-order valence-electron chi connectivity index (χ2n) is 11.2. The summed E-state index contributed by atoms with van der Waals surface area (Å²) in [6.45, 7) is 13.6. The van der Waals surface area contributed by atoms with E-state index in [4.69, 9.17) is 9.84 Å². The number of aryl methyl sites for hydroxylation is 1. The van der Waals surface area contributed by atoms with Crippen molar-refractivity contribution >= 4 is 23.5 Å². The van der Waals surface area contributed by atoms with Crippen LogP contribution in [0.2, 0.25) is 0 Å². The number of hydrogen-bond acceptors (Lipinski definition) is 5. The van der Waals surface area contributed by atoms with E-state index in [9.17, 15) is 18.8 Å². The lowest BCUT2D eigenvalue weighted by Crippen LogP contribution is -2.25. The van der Waals surface area contributed by atoms with E-state index in [1.807, 2.05) is 32.9 Å². The first kappa shape index (κ1) is 31.5. The number of carbonyl (C=O) groups excluding carboxylic acids is 3. The first-order valence-corrected chi connectivity index (χ1v) is 13.6. The van der Waals surface area contributed by atoms with Crippen molar-refractivity contribution in [1.82, 2.24) is 4.90 Å². The normalized spacial score (nSPS) is 12.3. The van der Waals surface area contributed by atoms with Crippen LogP contribution in [-0.2, 0) is 29.0 Å². The summed E-state index contributed by atoms with van der Waals surface area (Å²) in [5.41, 5.74) is 6.04. The SMILES string of the molecule is CC(C)(C)O.CCOC(=O)Cc1c(C)c2c(c(C)c1NC(=O)c1ccc(C)cc1)CN(C(=O)c1cccc(F)c1)C2. The summed E-state index contributed by atoms with van der Waals surface area (Å²) in [5.74, 6) is -1.42. The zero-order valence-electron chi connectivity index (χ0n) is 24.9. The van der Waals surface area contributed by atoms with E-state index in [-0.39, 0.29) is 30.4 Å². The van der Waals surface area contributed by atoms with E-state index < -0.39 is 17.4 Å². The van der Waals surface area contributed by atoms with Crippen LogP contribution in [0.4, 0.5) is 10.1 Å². The van der Waals surface area contributed by atoms with Crippen LogP contribution in [0, 0.1) is 26.6 Å². The Bertz CT molecular complexity index is 1440. The molecule has 3 aromatic rings. The van der Waals surface area contributed by atoms with Crippen molar-refractivity contribution in [2.45, 2.75) is 73.6 Å². The van der Waals surface area contributed by atoms with Crippen LogP contribution in [0.3, 0.4) is 0 Å². The van der Waals surface area contributed by atoms with Crippen LogP contribution >= 0.6 is 0 Å². The average Bonchev–Trinajstić information content (AvgIpc) is 3.34. The molecule has 218 valence electrons. The molecule has 1 aliphatic heterocycles. The van der Waals surface area contributed by atoms with Gasteiger partial charge in [-0.05, 0) is 107 Å². The first-order valence-electron chi connectivity index (χ1n) is 13.6. The van der Waals surface area contributed by atoms with Crippen molar-refractivity contribution in [2.24, 2.45) is 0 Å². The van der Waals surface area contributed by atoms with Gasteiger partial charge in [0.05, 0.1) is 18.6 Å². The summed E-state index contributed by atoms with van der Waals surface area (Å²) in [7, 11) is 0. The number of hydrogen-bond donors (Lipinski definition) is 2.